The summed E-state index contributed by atoms with van der Waals surface area (Å²) >= 11 is 6.55. The maximum atomic E-state index is 12.5. The average molecular weight is 423 g/mol. The molecule has 2 N–H and O–H groups in total. The molecule has 27 heavy (non-hydrogen) atoms. The van der Waals surface area contributed by atoms with E-state index in [1.165, 1.54) is 0 Å². The molecule has 0 fully saturated rings. The normalized spacial score (nSPS) is 11.2. The predicted molar refractivity (Wildman–Crippen MR) is 106 cm³/mol. The van der Waals surface area contributed by atoms with Crippen molar-refractivity contribution in [3.8, 4) is 0 Å². The number of nitrogens with zero attached hydrogens (tertiary/aromatic N) is 2. The smallest absolute Gasteiger partial charge is 0.291 e. The molecule has 0 aliphatic heterocycles. The van der Waals surface area contributed by atoms with Crippen LogP contribution in [-0.4, -0.2) is 24.5 Å². The summed E-state index contributed by atoms with van der Waals surface area (Å²) in [5.41, 5.74) is 2.65. The molecule has 140 valence electrons. The lowest BCUT2D eigenvalue weighted by molar-refractivity contribution is 0.102. The Balaban J connectivity index is 1.75. The summed E-state index contributed by atoms with van der Waals surface area (Å²) in [7, 11) is -3.91. The third-order valence-corrected chi connectivity index (χ3v) is 6.41. The van der Waals surface area contributed by atoms with Gasteiger partial charge in [-0.1, -0.05) is 40.6 Å². The van der Waals surface area contributed by atoms with Crippen molar-refractivity contribution in [2.75, 3.05) is 10.0 Å². The molecule has 1 heterocycles. The molecule has 0 saturated carbocycles. The van der Waals surface area contributed by atoms with Crippen LogP contribution in [0.1, 0.15) is 21.5 Å². The van der Waals surface area contributed by atoms with Gasteiger partial charge in [0.2, 0.25) is 5.13 Å². The number of carbonyl (C=O) groups excluding carboxylic acids is 1. The number of aromatic nitrogens is 2. The maximum absolute atomic E-state index is 12.5. The van der Waals surface area contributed by atoms with E-state index >= 15 is 0 Å². The quantitative estimate of drug-likeness (QED) is 0.608. The van der Waals surface area contributed by atoms with E-state index in [1.807, 2.05) is 26.0 Å². The minimum absolute atomic E-state index is 0.0796. The molecule has 0 aliphatic rings. The second-order valence-corrected chi connectivity index (χ2v) is 9.03. The number of rotatable bonds is 5. The highest BCUT2D eigenvalue weighted by molar-refractivity contribution is 7.94. The topological polar surface area (TPSA) is 101 Å². The summed E-state index contributed by atoms with van der Waals surface area (Å²) in [6, 6.07) is 11.6. The summed E-state index contributed by atoms with van der Waals surface area (Å²) < 4.78 is 27.3. The second kappa shape index (κ2) is 7.63. The van der Waals surface area contributed by atoms with Crippen molar-refractivity contribution < 1.29 is 13.2 Å². The summed E-state index contributed by atoms with van der Waals surface area (Å²) in [5, 5.41) is 10.5. The summed E-state index contributed by atoms with van der Waals surface area (Å²) in [4.78, 5) is 12.2. The highest BCUT2D eigenvalue weighted by Crippen LogP contribution is 2.25. The molecule has 0 unspecified atom stereocenters. The van der Waals surface area contributed by atoms with Gasteiger partial charge in [0.1, 0.15) is 0 Å². The lowest BCUT2D eigenvalue weighted by Crippen LogP contribution is -2.13. The van der Waals surface area contributed by atoms with Crippen LogP contribution >= 0.6 is 22.9 Å². The zero-order valence-electron chi connectivity index (χ0n) is 14.4. The first-order chi connectivity index (χ1) is 12.7. The maximum Gasteiger partial charge on any atom is 0.291 e. The minimum Gasteiger partial charge on any atom is -0.296 e. The van der Waals surface area contributed by atoms with Gasteiger partial charge in [0.05, 0.1) is 5.69 Å². The summed E-state index contributed by atoms with van der Waals surface area (Å²) in [5.74, 6) is -0.436. The number of benzene rings is 2. The third kappa shape index (κ3) is 4.62. The van der Waals surface area contributed by atoms with Crippen LogP contribution in [0.4, 0.5) is 10.8 Å². The Morgan fingerprint density at radius 3 is 2.44 bits per heavy atom. The van der Waals surface area contributed by atoms with Crippen molar-refractivity contribution >= 4 is 49.7 Å². The average Bonchev–Trinajstić information content (AvgIpc) is 3.07. The van der Waals surface area contributed by atoms with Gasteiger partial charge in [-0.15, -0.1) is 10.2 Å². The molecule has 3 aromatic rings. The number of hydrogen-bond donors (Lipinski definition) is 2. The molecular formula is C17H15ClN4O3S2. The van der Waals surface area contributed by atoms with Crippen LogP contribution in [0.2, 0.25) is 5.02 Å². The van der Waals surface area contributed by atoms with Gasteiger partial charge < -0.3 is 0 Å². The number of halogens is 1. The first-order valence-electron chi connectivity index (χ1n) is 7.75. The summed E-state index contributed by atoms with van der Waals surface area (Å²) in [6.45, 7) is 3.73. The molecule has 0 radical (unpaired) electrons. The van der Waals surface area contributed by atoms with Crippen LogP contribution < -0.4 is 10.0 Å². The number of amides is 1. The van der Waals surface area contributed by atoms with E-state index in [0.717, 1.165) is 22.5 Å². The molecule has 1 amide bonds. The fourth-order valence-corrected chi connectivity index (χ4v) is 4.41. The Kier molecular flexibility index (Phi) is 5.45. The van der Waals surface area contributed by atoms with Gasteiger partial charge in [0, 0.05) is 10.6 Å². The van der Waals surface area contributed by atoms with Crippen LogP contribution in [0.5, 0.6) is 0 Å². The van der Waals surface area contributed by atoms with Crippen molar-refractivity contribution in [1.82, 2.24) is 10.2 Å². The van der Waals surface area contributed by atoms with Crippen LogP contribution in [0, 0.1) is 13.8 Å². The molecule has 7 nitrogen and oxygen atoms in total. The van der Waals surface area contributed by atoms with Gasteiger partial charge in [-0.2, -0.15) is 8.42 Å². The van der Waals surface area contributed by atoms with Crippen LogP contribution in [0.15, 0.2) is 46.8 Å². The van der Waals surface area contributed by atoms with Gasteiger partial charge in [-0.05, 0) is 49.7 Å². The fourth-order valence-electron chi connectivity index (χ4n) is 2.26. The Morgan fingerprint density at radius 2 is 1.78 bits per heavy atom. The van der Waals surface area contributed by atoms with E-state index in [0.29, 0.717) is 16.3 Å². The Morgan fingerprint density at radius 1 is 1.07 bits per heavy atom. The predicted octanol–water partition coefficient (Wildman–Crippen LogP) is 3.86. The van der Waals surface area contributed by atoms with Crippen molar-refractivity contribution in [3.63, 3.8) is 0 Å². The van der Waals surface area contributed by atoms with Crippen LogP contribution in [-0.2, 0) is 10.0 Å². The monoisotopic (exact) mass is 422 g/mol. The van der Waals surface area contributed by atoms with Gasteiger partial charge in [-0.25, -0.2) is 0 Å². The van der Waals surface area contributed by atoms with Gasteiger partial charge >= 0.3 is 0 Å². The largest absolute Gasteiger partial charge is 0.296 e. The molecule has 10 heteroatoms. The Hall–Kier alpha value is -2.49. The van der Waals surface area contributed by atoms with Gasteiger partial charge in [0.15, 0.2) is 0 Å². The lowest BCUT2D eigenvalue weighted by atomic mass is 10.1. The van der Waals surface area contributed by atoms with Crippen LogP contribution in [0.25, 0.3) is 0 Å². The molecule has 0 atom stereocenters. The molecule has 0 saturated heterocycles. The van der Waals surface area contributed by atoms with Crippen molar-refractivity contribution in [2.45, 2.75) is 18.2 Å². The molecule has 0 spiro atoms. The number of aryl methyl sites for hydroxylation is 2. The zero-order chi connectivity index (χ0) is 19.6. The molecule has 1 aromatic heterocycles. The molecule has 2 aromatic carbocycles. The number of carbonyl (C=O) groups is 1. The Labute approximate surface area is 165 Å². The van der Waals surface area contributed by atoms with E-state index in [-0.39, 0.29) is 9.47 Å². The fraction of sp³-hybridized carbons (Fsp3) is 0.118. The standard InChI is InChI=1S/C17H15ClN4O3S2/c1-10-3-8-14(11(2)9-10)22-27(24,25)17-21-20-16(26-17)19-15(23)12-4-6-13(18)7-5-12/h3-9,22H,1-2H3,(H,19,20,23). The highest BCUT2D eigenvalue weighted by Gasteiger charge is 2.22. The first kappa shape index (κ1) is 19.3. The van der Waals surface area contributed by atoms with Gasteiger partial charge in [-0.3, -0.25) is 14.8 Å². The van der Waals surface area contributed by atoms with Crippen molar-refractivity contribution in [2.24, 2.45) is 0 Å². The Bertz CT molecular complexity index is 1100. The van der Waals surface area contributed by atoms with E-state index in [4.69, 9.17) is 11.6 Å². The number of hydrogen-bond acceptors (Lipinski definition) is 6. The van der Waals surface area contributed by atoms with Gasteiger partial charge in [0.25, 0.3) is 20.3 Å². The second-order valence-electron chi connectivity index (χ2n) is 5.76. The molecule has 0 aliphatic carbocycles. The number of sulfonamides is 1. The first-order valence-corrected chi connectivity index (χ1v) is 10.4. The number of anilines is 2. The SMILES string of the molecule is Cc1ccc(NS(=O)(=O)c2nnc(NC(=O)c3ccc(Cl)cc3)s2)c(C)c1. The van der Waals surface area contributed by atoms with E-state index in [9.17, 15) is 13.2 Å². The van der Waals surface area contributed by atoms with Crippen LogP contribution in [0.3, 0.4) is 0 Å². The minimum atomic E-state index is -3.91. The van der Waals surface area contributed by atoms with Crippen molar-refractivity contribution in [3.05, 3.63) is 64.2 Å². The van der Waals surface area contributed by atoms with Crippen molar-refractivity contribution in [1.29, 1.82) is 0 Å². The summed E-state index contributed by atoms with van der Waals surface area (Å²) in [6.07, 6.45) is 0. The molecular weight excluding hydrogens is 408 g/mol. The molecule has 0 bridgehead atoms. The lowest BCUT2D eigenvalue weighted by Gasteiger charge is -2.08. The van der Waals surface area contributed by atoms with E-state index in [2.05, 4.69) is 20.2 Å². The molecule has 3 rings (SSSR count). The zero-order valence-corrected chi connectivity index (χ0v) is 16.7. The number of nitrogens with one attached hydrogen (secondary N) is 2. The third-order valence-electron chi connectivity index (χ3n) is 3.59. The van der Waals surface area contributed by atoms with E-state index < -0.39 is 15.9 Å². The van der Waals surface area contributed by atoms with E-state index in [1.54, 1.807) is 30.3 Å². The highest BCUT2D eigenvalue weighted by atomic mass is 35.5.